The van der Waals surface area contributed by atoms with Crippen LogP contribution in [0.5, 0.6) is 0 Å². The molecule has 1 aliphatic rings. The highest BCUT2D eigenvalue weighted by Gasteiger charge is 2.34. The van der Waals surface area contributed by atoms with Crippen LogP contribution in [0.3, 0.4) is 0 Å². The maximum absolute atomic E-state index is 12.3. The van der Waals surface area contributed by atoms with Gasteiger partial charge in [-0.2, -0.15) is 0 Å². The SMILES string of the molecule is CCCNCCNC(=O)C1CNNC1c1ccccc1Cl. The largest absolute Gasteiger partial charge is 0.354 e. The predicted molar refractivity (Wildman–Crippen MR) is 85.0 cm³/mol. The number of carbonyl (C=O) groups excluding carboxylic acids is 1. The van der Waals surface area contributed by atoms with Crippen LogP contribution in [0.15, 0.2) is 24.3 Å². The fourth-order valence-corrected chi connectivity index (χ4v) is 2.72. The lowest BCUT2D eigenvalue weighted by Crippen LogP contribution is -2.38. The first-order valence-electron chi connectivity index (χ1n) is 7.45. The van der Waals surface area contributed by atoms with Crippen LogP contribution in [0.25, 0.3) is 0 Å². The summed E-state index contributed by atoms with van der Waals surface area (Å²) in [5.74, 6) is -0.105. The molecule has 21 heavy (non-hydrogen) atoms. The Labute approximate surface area is 130 Å². The molecule has 2 unspecified atom stereocenters. The van der Waals surface area contributed by atoms with Crippen molar-refractivity contribution in [1.29, 1.82) is 0 Å². The van der Waals surface area contributed by atoms with Crippen LogP contribution in [0.4, 0.5) is 0 Å². The minimum atomic E-state index is -0.156. The lowest BCUT2D eigenvalue weighted by Gasteiger charge is -2.19. The highest BCUT2D eigenvalue weighted by molar-refractivity contribution is 6.31. The van der Waals surface area contributed by atoms with Crippen LogP contribution in [-0.2, 0) is 4.79 Å². The first-order chi connectivity index (χ1) is 10.2. The van der Waals surface area contributed by atoms with E-state index in [9.17, 15) is 4.79 Å². The molecule has 0 bridgehead atoms. The molecule has 0 saturated carbocycles. The van der Waals surface area contributed by atoms with Crippen LogP contribution in [-0.4, -0.2) is 32.1 Å². The summed E-state index contributed by atoms with van der Waals surface area (Å²) in [5.41, 5.74) is 7.15. The highest BCUT2D eigenvalue weighted by atomic mass is 35.5. The number of carbonyl (C=O) groups is 1. The third-order valence-corrected chi connectivity index (χ3v) is 3.93. The van der Waals surface area contributed by atoms with Gasteiger partial charge in [0.2, 0.25) is 5.91 Å². The van der Waals surface area contributed by atoms with E-state index < -0.39 is 0 Å². The van der Waals surface area contributed by atoms with Crippen molar-refractivity contribution < 1.29 is 4.79 Å². The molecule has 0 spiro atoms. The van der Waals surface area contributed by atoms with Gasteiger partial charge in [0.05, 0.1) is 12.0 Å². The zero-order chi connectivity index (χ0) is 15.1. The summed E-state index contributed by atoms with van der Waals surface area (Å²) >= 11 is 6.23. The molecule has 0 radical (unpaired) electrons. The number of hydrogen-bond acceptors (Lipinski definition) is 4. The Hall–Kier alpha value is -1.14. The summed E-state index contributed by atoms with van der Waals surface area (Å²) in [6.45, 7) is 5.14. The normalized spacial score (nSPS) is 21.4. The Kier molecular flexibility index (Phi) is 6.45. The van der Waals surface area contributed by atoms with Gasteiger partial charge in [-0.15, -0.1) is 0 Å². The van der Waals surface area contributed by atoms with E-state index in [1.54, 1.807) is 0 Å². The Morgan fingerprint density at radius 1 is 1.33 bits per heavy atom. The molecule has 1 aromatic carbocycles. The van der Waals surface area contributed by atoms with Crippen molar-refractivity contribution in [3.63, 3.8) is 0 Å². The number of amides is 1. The van der Waals surface area contributed by atoms with Gasteiger partial charge in [0.1, 0.15) is 0 Å². The average Bonchev–Trinajstić information content (AvgIpc) is 2.96. The van der Waals surface area contributed by atoms with E-state index in [0.717, 1.165) is 25.1 Å². The molecule has 1 fully saturated rings. The first kappa shape index (κ1) is 16.2. The van der Waals surface area contributed by atoms with Gasteiger partial charge >= 0.3 is 0 Å². The molecule has 1 saturated heterocycles. The van der Waals surface area contributed by atoms with E-state index in [4.69, 9.17) is 11.6 Å². The third kappa shape index (κ3) is 4.41. The second-order valence-corrected chi connectivity index (χ2v) is 5.58. The van der Waals surface area contributed by atoms with Crippen LogP contribution in [0, 0.1) is 5.92 Å². The molecule has 4 N–H and O–H groups in total. The van der Waals surface area contributed by atoms with Crippen LogP contribution < -0.4 is 21.5 Å². The average molecular weight is 311 g/mol. The standard InChI is InChI=1S/C15H23ClN4O/c1-2-7-17-8-9-18-15(21)12-10-19-20-14(12)11-5-3-4-6-13(11)16/h3-6,12,14,17,19-20H,2,7-10H2,1H3,(H,18,21). The Bertz CT molecular complexity index is 469. The second-order valence-electron chi connectivity index (χ2n) is 5.17. The van der Waals surface area contributed by atoms with Crippen LogP contribution in [0.1, 0.15) is 24.9 Å². The molecule has 1 aromatic rings. The van der Waals surface area contributed by atoms with E-state index in [2.05, 4.69) is 28.4 Å². The van der Waals surface area contributed by atoms with Crippen molar-refractivity contribution in [3.8, 4) is 0 Å². The monoisotopic (exact) mass is 310 g/mol. The fraction of sp³-hybridized carbons (Fsp3) is 0.533. The van der Waals surface area contributed by atoms with E-state index >= 15 is 0 Å². The third-order valence-electron chi connectivity index (χ3n) is 3.59. The van der Waals surface area contributed by atoms with Crippen molar-refractivity contribution in [2.24, 2.45) is 5.92 Å². The van der Waals surface area contributed by atoms with E-state index in [1.165, 1.54) is 0 Å². The van der Waals surface area contributed by atoms with Crippen molar-refractivity contribution in [2.45, 2.75) is 19.4 Å². The second kappa shape index (κ2) is 8.34. The van der Waals surface area contributed by atoms with E-state index in [0.29, 0.717) is 18.1 Å². The van der Waals surface area contributed by atoms with Crippen LogP contribution in [0.2, 0.25) is 5.02 Å². The topological polar surface area (TPSA) is 65.2 Å². The molecule has 6 heteroatoms. The smallest absolute Gasteiger partial charge is 0.226 e. The highest BCUT2D eigenvalue weighted by Crippen LogP contribution is 2.30. The quantitative estimate of drug-likeness (QED) is 0.572. The minimum Gasteiger partial charge on any atom is -0.354 e. The molecule has 116 valence electrons. The minimum absolute atomic E-state index is 0.0516. The number of hydrogen-bond donors (Lipinski definition) is 4. The maximum Gasteiger partial charge on any atom is 0.226 e. The van der Waals surface area contributed by atoms with Crippen molar-refractivity contribution in [2.75, 3.05) is 26.2 Å². The number of hydrazine groups is 1. The van der Waals surface area contributed by atoms with Gasteiger partial charge < -0.3 is 10.6 Å². The summed E-state index contributed by atoms with van der Waals surface area (Å²) in [5, 5.41) is 6.93. The molecule has 1 aliphatic heterocycles. The summed E-state index contributed by atoms with van der Waals surface area (Å²) in [7, 11) is 0. The Balaban J connectivity index is 1.89. The van der Waals surface area contributed by atoms with E-state index in [1.807, 2.05) is 24.3 Å². The fourth-order valence-electron chi connectivity index (χ4n) is 2.47. The lowest BCUT2D eigenvalue weighted by molar-refractivity contribution is -0.124. The molecule has 0 aliphatic carbocycles. The molecule has 2 atom stereocenters. The Morgan fingerprint density at radius 2 is 2.14 bits per heavy atom. The molecular formula is C15H23ClN4O. The summed E-state index contributed by atoms with van der Waals surface area (Å²) in [4.78, 5) is 12.3. The van der Waals surface area contributed by atoms with Gasteiger partial charge in [-0.1, -0.05) is 36.7 Å². The van der Waals surface area contributed by atoms with Gasteiger partial charge in [0.15, 0.2) is 0 Å². The van der Waals surface area contributed by atoms with E-state index in [-0.39, 0.29) is 17.9 Å². The number of nitrogens with one attached hydrogen (secondary N) is 4. The first-order valence-corrected chi connectivity index (χ1v) is 7.83. The van der Waals surface area contributed by atoms with Gasteiger partial charge in [-0.3, -0.25) is 10.2 Å². The number of benzene rings is 1. The Morgan fingerprint density at radius 3 is 2.90 bits per heavy atom. The molecule has 0 aromatic heterocycles. The van der Waals surface area contributed by atoms with Gasteiger partial charge in [-0.25, -0.2) is 5.43 Å². The van der Waals surface area contributed by atoms with Gasteiger partial charge in [-0.05, 0) is 24.6 Å². The molecule has 2 rings (SSSR count). The number of rotatable bonds is 7. The molecule has 1 amide bonds. The van der Waals surface area contributed by atoms with Gasteiger partial charge in [0, 0.05) is 24.7 Å². The number of halogens is 1. The molecule has 5 nitrogen and oxygen atoms in total. The van der Waals surface area contributed by atoms with Gasteiger partial charge in [0.25, 0.3) is 0 Å². The lowest BCUT2D eigenvalue weighted by atomic mass is 9.94. The summed E-state index contributed by atoms with van der Waals surface area (Å²) in [6.07, 6.45) is 1.10. The summed E-state index contributed by atoms with van der Waals surface area (Å²) < 4.78 is 0. The zero-order valence-corrected chi connectivity index (χ0v) is 13.0. The molecule has 1 heterocycles. The van der Waals surface area contributed by atoms with Crippen molar-refractivity contribution >= 4 is 17.5 Å². The molecular weight excluding hydrogens is 288 g/mol. The van der Waals surface area contributed by atoms with Crippen LogP contribution >= 0.6 is 11.6 Å². The zero-order valence-electron chi connectivity index (χ0n) is 12.3. The maximum atomic E-state index is 12.3. The van der Waals surface area contributed by atoms with Crippen molar-refractivity contribution in [3.05, 3.63) is 34.9 Å². The van der Waals surface area contributed by atoms with Crippen molar-refractivity contribution in [1.82, 2.24) is 21.5 Å². The summed E-state index contributed by atoms with van der Waals surface area (Å²) in [6, 6.07) is 7.53. The predicted octanol–water partition coefficient (Wildman–Crippen LogP) is 1.22.